The van der Waals surface area contributed by atoms with Gasteiger partial charge in [-0.3, -0.25) is 4.79 Å². The van der Waals surface area contributed by atoms with Gasteiger partial charge >= 0.3 is 5.97 Å². The molecule has 0 saturated heterocycles. The molecule has 33 heavy (non-hydrogen) atoms. The number of benzene rings is 2. The zero-order valence-corrected chi connectivity index (χ0v) is 19.7. The van der Waals surface area contributed by atoms with Crippen LogP contribution in [0.15, 0.2) is 60.0 Å². The number of ether oxygens (including phenoxy) is 3. The van der Waals surface area contributed by atoms with Gasteiger partial charge in [0.1, 0.15) is 16.3 Å². The maximum Gasteiger partial charge on any atom is 0.341 e. The lowest BCUT2D eigenvalue weighted by Crippen LogP contribution is -2.12. The molecule has 2 aromatic carbocycles. The van der Waals surface area contributed by atoms with Gasteiger partial charge in [-0.1, -0.05) is 43.3 Å². The number of thiophene rings is 1. The molecule has 3 aromatic rings. The average molecular weight is 466 g/mol. The fourth-order valence-electron chi connectivity index (χ4n) is 3.12. The van der Waals surface area contributed by atoms with Crippen LogP contribution in [0.2, 0.25) is 0 Å². The fourth-order valence-corrected chi connectivity index (χ4v) is 4.08. The minimum absolute atomic E-state index is 0.173. The molecule has 1 amide bonds. The largest absolute Gasteiger partial charge is 0.468 e. The van der Waals surface area contributed by atoms with Crippen LogP contribution in [0.25, 0.3) is 17.2 Å². The Hall–Kier alpha value is -3.42. The van der Waals surface area contributed by atoms with Crippen molar-refractivity contribution in [3.63, 3.8) is 0 Å². The first kappa shape index (κ1) is 24.2. The van der Waals surface area contributed by atoms with Crippen LogP contribution in [0.5, 0.6) is 5.75 Å². The van der Waals surface area contributed by atoms with E-state index >= 15 is 0 Å². The van der Waals surface area contributed by atoms with Gasteiger partial charge in [-0.2, -0.15) is 0 Å². The van der Waals surface area contributed by atoms with Gasteiger partial charge in [-0.05, 0) is 48.2 Å². The molecule has 0 radical (unpaired) electrons. The van der Waals surface area contributed by atoms with Crippen LogP contribution < -0.4 is 10.1 Å². The Morgan fingerprint density at radius 3 is 2.39 bits per heavy atom. The summed E-state index contributed by atoms with van der Waals surface area (Å²) < 4.78 is 15.5. The van der Waals surface area contributed by atoms with Crippen LogP contribution in [0.4, 0.5) is 5.00 Å². The van der Waals surface area contributed by atoms with Crippen molar-refractivity contribution >= 4 is 34.3 Å². The molecule has 0 spiro atoms. The van der Waals surface area contributed by atoms with E-state index in [-0.39, 0.29) is 19.3 Å². The van der Waals surface area contributed by atoms with Gasteiger partial charge in [-0.25, -0.2) is 4.79 Å². The molecule has 1 aromatic heterocycles. The van der Waals surface area contributed by atoms with Crippen molar-refractivity contribution in [1.82, 2.24) is 0 Å². The number of hydrogen-bond donors (Lipinski definition) is 1. The minimum Gasteiger partial charge on any atom is -0.468 e. The van der Waals surface area contributed by atoms with Crippen molar-refractivity contribution < 1.29 is 23.8 Å². The molecule has 0 aliphatic carbocycles. The molecular weight excluding hydrogens is 438 g/mol. The SMILES string of the molecule is CCOC(=O)c1c(-c2ccc(CC)cc2)csc1NC(=O)/C=C/c1ccc(OCOC)cc1. The van der Waals surface area contributed by atoms with E-state index in [1.165, 1.54) is 23.0 Å². The molecule has 0 bridgehead atoms. The highest BCUT2D eigenvalue weighted by molar-refractivity contribution is 7.15. The smallest absolute Gasteiger partial charge is 0.341 e. The van der Waals surface area contributed by atoms with Gasteiger partial charge in [0.15, 0.2) is 6.79 Å². The minimum atomic E-state index is -0.459. The van der Waals surface area contributed by atoms with Crippen molar-refractivity contribution in [1.29, 1.82) is 0 Å². The standard InChI is InChI=1S/C26H27NO5S/c1-4-18-6-11-20(12-7-18)22-16-33-25(24(22)26(29)31-5-2)27-23(28)15-10-19-8-13-21(14-9-19)32-17-30-3/h6-16H,4-5,17H2,1-3H3,(H,27,28)/b15-10+. The Morgan fingerprint density at radius 2 is 1.76 bits per heavy atom. The number of hydrogen-bond acceptors (Lipinski definition) is 6. The van der Waals surface area contributed by atoms with Crippen molar-refractivity contribution in [3.8, 4) is 16.9 Å². The summed E-state index contributed by atoms with van der Waals surface area (Å²) in [5.74, 6) is -0.121. The number of nitrogens with one attached hydrogen (secondary N) is 1. The van der Waals surface area contributed by atoms with Crippen LogP contribution >= 0.6 is 11.3 Å². The Morgan fingerprint density at radius 1 is 1.03 bits per heavy atom. The first-order valence-corrected chi connectivity index (χ1v) is 11.5. The molecule has 0 fully saturated rings. The Kier molecular flexibility index (Phi) is 8.80. The summed E-state index contributed by atoms with van der Waals surface area (Å²) in [7, 11) is 1.56. The number of rotatable bonds is 10. The Labute approximate surface area is 197 Å². The predicted molar refractivity (Wildman–Crippen MR) is 132 cm³/mol. The summed E-state index contributed by atoms with van der Waals surface area (Å²) in [4.78, 5) is 25.3. The molecule has 0 unspecified atom stereocenters. The third-order valence-electron chi connectivity index (χ3n) is 4.83. The van der Waals surface area contributed by atoms with Crippen molar-refractivity contribution in [3.05, 3.63) is 76.7 Å². The molecule has 3 rings (SSSR count). The molecule has 0 aliphatic rings. The zero-order chi connectivity index (χ0) is 23.6. The summed E-state index contributed by atoms with van der Waals surface area (Å²) in [5.41, 5.74) is 4.06. The predicted octanol–water partition coefficient (Wildman–Crippen LogP) is 5.79. The second-order valence-electron chi connectivity index (χ2n) is 7.07. The van der Waals surface area contributed by atoms with Gasteiger partial charge in [-0.15, -0.1) is 11.3 Å². The van der Waals surface area contributed by atoms with E-state index in [1.54, 1.807) is 32.2 Å². The Balaban J connectivity index is 1.77. The monoisotopic (exact) mass is 465 g/mol. The first-order chi connectivity index (χ1) is 16.0. The number of anilines is 1. The van der Waals surface area contributed by atoms with Gasteiger partial charge in [0.05, 0.1) is 6.61 Å². The first-order valence-electron chi connectivity index (χ1n) is 10.6. The topological polar surface area (TPSA) is 73.9 Å². The van der Waals surface area contributed by atoms with E-state index in [2.05, 4.69) is 12.2 Å². The lowest BCUT2D eigenvalue weighted by atomic mass is 10.0. The van der Waals surface area contributed by atoms with E-state index in [1.807, 2.05) is 41.8 Å². The molecule has 172 valence electrons. The molecule has 0 saturated carbocycles. The second-order valence-corrected chi connectivity index (χ2v) is 7.95. The molecule has 0 aliphatic heterocycles. The molecule has 0 atom stereocenters. The number of carbonyl (C=O) groups is 2. The van der Waals surface area contributed by atoms with Crippen LogP contribution in [0, 0.1) is 0 Å². The van der Waals surface area contributed by atoms with Crippen LogP contribution in [0.3, 0.4) is 0 Å². The molecule has 7 heteroatoms. The number of carbonyl (C=O) groups excluding carboxylic acids is 2. The van der Waals surface area contributed by atoms with Gasteiger partial charge < -0.3 is 19.5 Å². The number of aryl methyl sites for hydroxylation is 1. The second kappa shape index (κ2) is 12.0. The fraction of sp³-hybridized carbons (Fsp3) is 0.231. The van der Waals surface area contributed by atoms with Crippen LogP contribution in [-0.4, -0.2) is 32.4 Å². The highest BCUT2D eigenvalue weighted by Gasteiger charge is 2.22. The number of esters is 1. The van der Waals surface area contributed by atoms with Crippen molar-refractivity contribution in [2.45, 2.75) is 20.3 Å². The lowest BCUT2D eigenvalue weighted by molar-refractivity contribution is -0.111. The quantitative estimate of drug-likeness (QED) is 0.233. The summed E-state index contributed by atoms with van der Waals surface area (Å²) in [6, 6.07) is 15.3. The van der Waals surface area contributed by atoms with Crippen LogP contribution in [-0.2, 0) is 20.7 Å². The summed E-state index contributed by atoms with van der Waals surface area (Å²) in [6.07, 6.45) is 4.05. The average Bonchev–Trinajstić information content (AvgIpc) is 3.25. The van der Waals surface area contributed by atoms with Gasteiger partial charge in [0, 0.05) is 24.1 Å². The van der Waals surface area contributed by atoms with Gasteiger partial charge in [0.2, 0.25) is 5.91 Å². The third-order valence-corrected chi connectivity index (χ3v) is 5.73. The van der Waals surface area contributed by atoms with E-state index in [0.29, 0.717) is 16.3 Å². The highest BCUT2D eigenvalue weighted by atomic mass is 32.1. The van der Waals surface area contributed by atoms with Crippen molar-refractivity contribution in [2.75, 3.05) is 25.8 Å². The lowest BCUT2D eigenvalue weighted by Gasteiger charge is -2.08. The molecule has 6 nitrogen and oxygen atoms in total. The summed E-state index contributed by atoms with van der Waals surface area (Å²) in [5, 5.41) is 5.15. The van der Waals surface area contributed by atoms with E-state index in [4.69, 9.17) is 14.2 Å². The highest BCUT2D eigenvalue weighted by Crippen LogP contribution is 2.36. The maximum absolute atomic E-state index is 12.7. The number of amides is 1. The van der Waals surface area contributed by atoms with E-state index in [0.717, 1.165) is 23.1 Å². The maximum atomic E-state index is 12.7. The third kappa shape index (κ3) is 6.54. The van der Waals surface area contributed by atoms with E-state index < -0.39 is 5.97 Å². The summed E-state index contributed by atoms with van der Waals surface area (Å²) in [6.45, 7) is 4.27. The molecule has 1 N–H and O–H groups in total. The zero-order valence-electron chi connectivity index (χ0n) is 18.9. The summed E-state index contributed by atoms with van der Waals surface area (Å²) >= 11 is 1.30. The molecule has 1 heterocycles. The molecular formula is C26H27NO5S. The van der Waals surface area contributed by atoms with Crippen LogP contribution in [0.1, 0.15) is 35.3 Å². The normalized spacial score (nSPS) is 10.9. The Bertz CT molecular complexity index is 1100. The van der Waals surface area contributed by atoms with E-state index in [9.17, 15) is 9.59 Å². The van der Waals surface area contributed by atoms with Gasteiger partial charge in [0.25, 0.3) is 0 Å². The van der Waals surface area contributed by atoms with Crippen molar-refractivity contribution in [2.24, 2.45) is 0 Å². The number of methoxy groups -OCH3 is 1.